The number of rotatable bonds is 8. The molecule has 0 atom stereocenters. The molecule has 0 spiro atoms. The summed E-state index contributed by atoms with van der Waals surface area (Å²) < 4.78 is 4.88. The Kier molecular flexibility index (Phi) is 5.37. The van der Waals surface area contributed by atoms with Gasteiger partial charge in [0.25, 0.3) is 0 Å². The van der Waals surface area contributed by atoms with Crippen molar-refractivity contribution in [2.45, 2.75) is 0 Å². The van der Waals surface area contributed by atoms with Crippen LogP contribution in [0.4, 0.5) is 17.5 Å². The van der Waals surface area contributed by atoms with Crippen molar-refractivity contribution in [1.82, 2.24) is 9.97 Å². The van der Waals surface area contributed by atoms with Crippen molar-refractivity contribution in [1.29, 1.82) is 0 Å². The van der Waals surface area contributed by atoms with E-state index in [1.54, 1.807) is 0 Å². The van der Waals surface area contributed by atoms with E-state index in [-0.39, 0.29) is 37.2 Å². The minimum absolute atomic E-state index is 0.00405. The van der Waals surface area contributed by atoms with Gasteiger partial charge in [0.15, 0.2) is 0 Å². The number of hydrogen-bond acceptors (Lipinski definition) is 9. The van der Waals surface area contributed by atoms with Gasteiger partial charge in [-0.25, -0.2) is 10.8 Å². The second-order valence-electron chi connectivity index (χ2n) is 3.27. The van der Waals surface area contributed by atoms with Crippen LogP contribution < -0.4 is 22.3 Å². The fourth-order valence-corrected chi connectivity index (χ4v) is 1.12. The lowest BCUT2D eigenvalue weighted by Crippen LogP contribution is -2.21. The summed E-state index contributed by atoms with van der Waals surface area (Å²) in [5.41, 5.74) is 6.75. The van der Waals surface area contributed by atoms with Gasteiger partial charge in [0, 0.05) is 6.54 Å². The van der Waals surface area contributed by atoms with E-state index >= 15 is 0 Å². The largest absolute Gasteiger partial charge is 0.370 e. The van der Waals surface area contributed by atoms with Gasteiger partial charge in [0.1, 0.15) is 12.8 Å². The second-order valence-corrected chi connectivity index (χ2v) is 3.27. The third-order valence-electron chi connectivity index (χ3n) is 1.88. The van der Waals surface area contributed by atoms with Crippen molar-refractivity contribution in [2.24, 2.45) is 11.6 Å². The first-order chi connectivity index (χ1) is 9.04. The molecule has 1 rings (SSSR count). The van der Waals surface area contributed by atoms with Crippen molar-refractivity contribution in [3.8, 4) is 0 Å². The Balaban J connectivity index is 2.59. The highest BCUT2D eigenvalue weighted by Gasteiger charge is 2.16. The van der Waals surface area contributed by atoms with E-state index in [0.717, 1.165) is 6.20 Å². The number of nitrogen functional groups attached to an aromatic ring is 1. The fraction of sp³-hybridized carbons (Fsp3) is 0.375. The number of carbonyl (C=O) groups is 1. The van der Waals surface area contributed by atoms with E-state index in [0.29, 0.717) is 0 Å². The zero-order valence-corrected chi connectivity index (χ0v) is 9.83. The molecule has 0 aromatic carbocycles. The maximum atomic E-state index is 10.7. The minimum Gasteiger partial charge on any atom is -0.370 e. The van der Waals surface area contributed by atoms with Gasteiger partial charge in [-0.3, -0.25) is 20.3 Å². The molecule has 0 aliphatic carbocycles. The Hall–Kier alpha value is -2.53. The number of hydrazine groups is 1. The smallest absolute Gasteiger partial charge is 0.329 e. The van der Waals surface area contributed by atoms with E-state index < -0.39 is 10.8 Å². The predicted molar refractivity (Wildman–Crippen MR) is 65.0 cm³/mol. The first kappa shape index (κ1) is 14.5. The Bertz CT molecular complexity index is 466. The number of anilines is 2. The van der Waals surface area contributed by atoms with E-state index in [4.69, 9.17) is 16.3 Å². The van der Waals surface area contributed by atoms with Gasteiger partial charge in [0.05, 0.1) is 11.5 Å². The minimum atomic E-state index is -0.632. The van der Waals surface area contributed by atoms with E-state index in [2.05, 4.69) is 20.7 Å². The molecule has 0 unspecified atom stereocenters. The number of nitrogens with zero attached hydrogens (tertiary/aromatic N) is 3. The zero-order valence-electron chi connectivity index (χ0n) is 9.83. The van der Waals surface area contributed by atoms with Gasteiger partial charge in [-0.05, 0) is 0 Å². The van der Waals surface area contributed by atoms with Gasteiger partial charge in [-0.1, -0.05) is 0 Å². The van der Waals surface area contributed by atoms with Gasteiger partial charge in [-0.2, -0.15) is 4.98 Å². The number of primary amides is 1. The molecular formula is C8H13N7O4. The molecule has 1 amide bonds. The van der Waals surface area contributed by atoms with Crippen LogP contribution in [0, 0.1) is 10.1 Å². The molecule has 0 bridgehead atoms. The van der Waals surface area contributed by atoms with Crippen LogP contribution in [0.5, 0.6) is 0 Å². The molecule has 0 radical (unpaired) electrons. The molecule has 6 N–H and O–H groups in total. The van der Waals surface area contributed by atoms with Crippen molar-refractivity contribution in [3.63, 3.8) is 0 Å². The number of hydrogen-bond donors (Lipinski definition) is 4. The Labute approximate surface area is 107 Å². The Morgan fingerprint density at radius 3 is 2.89 bits per heavy atom. The number of ether oxygens (including phenoxy) is 1. The summed E-state index contributed by atoms with van der Waals surface area (Å²) >= 11 is 0. The molecule has 0 fully saturated rings. The van der Waals surface area contributed by atoms with Crippen molar-refractivity contribution < 1.29 is 14.5 Å². The third-order valence-corrected chi connectivity index (χ3v) is 1.88. The number of nitrogens with two attached hydrogens (primary N) is 2. The highest BCUT2D eigenvalue weighted by Crippen LogP contribution is 2.21. The number of carbonyl (C=O) groups excluding carboxylic acids is 1. The average molecular weight is 271 g/mol. The summed E-state index contributed by atoms with van der Waals surface area (Å²) in [5, 5.41) is 13.4. The van der Waals surface area contributed by atoms with E-state index in [1.165, 1.54) is 0 Å². The molecule has 11 heteroatoms. The van der Waals surface area contributed by atoms with Crippen LogP contribution >= 0.6 is 0 Å². The third kappa shape index (κ3) is 4.69. The van der Waals surface area contributed by atoms with Crippen molar-refractivity contribution in [3.05, 3.63) is 16.3 Å². The van der Waals surface area contributed by atoms with Crippen LogP contribution in [0.15, 0.2) is 6.20 Å². The molecule has 19 heavy (non-hydrogen) atoms. The van der Waals surface area contributed by atoms with Gasteiger partial charge < -0.3 is 15.8 Å². The molecule has 0 saturated carbocycles. The van der Waals surface area contributed by atoms with Gasteiger partial charge in [0.2, 0.25) is 17.7 Å². The SMILES string of the molecule is NNc1ncc([N+](=O)[O-])c(NCCOCC(N)=O)n1. The lowest BCUT2D eigenvalue weighted by Gasteiger charge is -2.07. The quantitative estimate of drug-likeness (QED) is 0.191. The van der Waals surface area contributed by atoms with Crippen LogP contribution in [0.3, 0.4) is 0 Å². The monoisotopic (exact) mass is 271 g/mol. The topological polar surface area (TPSA) is 171 Å². The highest BCUT2D eigenvalue weighted by molar-refractivity contribution is 5.74. The van der Waals surface area contributed by atoms with Crippen molar-refractivity contribution >= 4 is 23.4 Å². The zero-order chi connectivity index (χ0) is 14.3. The number of aromatic nitrogens is 2. The second kappa shape index (κ2) is 7.03. The molecule has 0 saturated heterocycles. The van der Waals surface area contributed by atoms with Crippen molar-refractivity contribution in [2.75, 3.05) is 30.5 Å². The normalized spacial score (nSPS) is 9.95. The lowest BCUT2D eigenvalue weighted by atomic mass is 10.4. The molecule has 1 aromatic heterocycles. The van der Waals surface area contributed by atoms with Crippen LogP contribution in [0.2, 0.25) is 0 Å². The fourth-order valence-electron chi connectivity index (χ4n) is 1.12. The van der Waals surface area contributed by atoms with Crippen LogP contribution in [0.1, 0.15) is 0 Å². The summed E-state index contributed by atoms with van der Waals surface area (Å²) in [6.07, 6.45) is 1.02. The maximum Gasteiger partial charge on any atom is 0.329 e. The first-order valence-electron chi connectivity index (χ1n) is 5.12. The highest BCUT2D eigenvalue weighted by atomic mass is 16.6. The van der Waals surface area contributed by atoms with E-state index in [1.807, 2.05) is 0 Å². The average Bonchev–Trinajstić information content (AvgIpc) is 2.37. The molecule has 1 heterocycles. The molecule has 104 valence electrons. The molecule has 1 aromatic rings. The van der Waals surface area contributed by atoms with Crippen LogP contribution in [0.25, 0.3) is 0 Å². The summed E-state index contributed by atoms with van der Waals surface area (Å²) in [6.45, 7) is 0.119. The molecular weight excluding hydrogens is 258 g/mol. The molecule has 0 aliphatic heterocycles. The van der Waals surface area contributed by atoms with Crippen LogP contribution in [-0.2, 0) is 9.53 Å². The molecule has 0 aliphatic rings. The first-order valence-corrected chi connectivity index (χ1v) is 5.12. The number of nitrogens with one attached hydrogen (secondary N) is 2. The van der Waals surface area contributed by atoms with Gasteiger partial charge in [-0.15, -0.1) is 0 Å². The Morgan fingerprint density at radius 2 is 2.32 bits per heavy atom. The van der Waals surface area contributed by atoms with Gasteiger partial charge >= 0.3 is 5.69 Å². The standard InChI is InChI=1S/C8H13N7O4/c9-6(16)4-19-2-1-11-7-5(15(17)18)3-12-8(13-7)14-10/h3H,1-2,4,10H2,(H2,9,16)(H2,11,12,13,14). The summed E-state index contributed by atoms with van der Waals surface area (Å²) in [7, 11) is 0. The summed E-state index contributed by atoms with van der Waals surface area (Å²) in [5.74, 6) is 4.54. The molecule has 11 nitrogen and oxygen atoms in total. The number of amides is 1. The summed E-state index contributed by atoms with van der Waals surface area (Å²) in [4.78, 5) is 27.9. The predicted octanol–water partition coefficient (Wildman–Crippen LogP) is -1.42. The van der Waals surface area contributed by atoms with E-state index in [9.17, 15) is 14.9 Å². The lowest BCUT2D eigenvalue weighted by molar-refractivity contribution is -0.384. The number of nitro groups is 1. The maximum absolute atomic E-state index is 10.7. The summed E-state index contributed by atoms with van der Waals surface area (Å²) in [6, 6.07) is 0. The van der Waals surface area contributed by atoms with Crippen LogP contribution in [-0.4, -0.2) is 40.6 Å². The Morgan fingerprint density at radius 1 is 1.58 bits per heavy atom.